The van der Waals surface area contributed by atoms with Crippen LogP contribution in [0.5, 0.6) is 0 Å². The van der Waals surface area contributed by atoms with Crippen molar-refractivity contribution in [3.05, 3.63) is 51.7 Å². The minimum Gasteiger partial charge on any atom is -0.480 e. The van der Waals surface area contributed by atoms with E-state index >= 15 is 0 Å². The van der Waals surface area contributed by atoms with Crippen LogP contribution in [0.15, 0.2) is 36.1 Å². The summed E-state index contributed by atoms with van der Waals surface area (Å²) >= 11 is 11.8. The predicted molar refractivity (Wildman–Crippen MR) is 73.8 cm³/mol. The zero-order chi connectivity index (χ0) is 13.3. The second-order valence-corrected chi connectivity index (χ2v) is 5.37. The van der Waals surface area contributed by atoms with Crippen LogP contribution in [-0.2, 0) is 9.53 Å². The number of carbonyl (C=O) groups excluding carboxylic acids is 1. The Labute approximate surface area is 116 Å². The Morgan fingerprint density at radius 2 is 1.94 bits per heavy atom. The Morgan fingerprint density at radius 3 is 2.50 bits per heavy atom. The summed E-state index contributed by atoms with van der Waals surface area (Å²) in [5, 5.41) is 1.15. The van der Waals surface area contributed by atoms with Gasteiger partial charge in [-0.15, -0.1) is 0 Å². The third-order valence-electron chi connectivity index (χ3n) is 2.63. The first-order chi connectivity index (χ1) is 8.38. The van der Waals surface area contributed by atoms with E-state index in [1.54, 1.807) is 38.1 Å². The number of rotatable bonds is 2. The molecule has 2 nitrogen and oxygen atoms in total. The number of halogens is 2. The van der Waals surface area contributed by atoms with E-state index in [9.17, 15) is 4.79 Å². The van der Waals surface area contributed by atoms with Gasteiger partial charge in [-0.1, -0.05) is 29.3 Å². The van der Waals surface area contributed by atoms with Gasteiger partial charge in [0, 0.05) is 16.1 Å². The zero-order valence-electron chi connectivity index (χ0n) is 10.0. The van der Waals surface area contributed by atoms with Gasteiger partial charge in [0.25, 0.3) is 0 Å². The van der Waals surface area contributed by atoms with Crippen molar-refractivity contribution in [2.75, 3.05) is 0 Å². The van der Waals surface area contributed by atoms with E-state index in [2.05, 4.69) is 0 Å². The number of allylic oxidation sites excluding steroid dienone is 1. The lowest BCUT2D eigenvalue weighted by Gasteiger charge is -2.16. The largest absolute Gasteiger partial charge is 0.480 e. The summed E-state index contributed by atoms with van der Waals surface area (Å²) < 4.78 is 5.50. The first-order valence-electron chi connectivity index (χ1n) is 5.47. The molecule has 0 atom stereocenters. The molecule has 0 fully saturated rings. The first kappa shape index (κ1) is 13.2. The average Bonchev–Trinajstić information content (AvgIpc) is 2.51. The van der Waals surface area contributed by atoms with Gasteiger partial charge in [-0.05, 0) is 43.7 Å². The van der Waals surface area contributed by atoms with Crippen LogP contribution in [0.25, 0.3) is 6.08 Å². The van der Waals surface area contributed by atoms with Gasteiger partial charge in [0.15, 0.2) is 5.60 Å². The highest BCUT2D eigenvalue weighted by Gasteiger charge is 2.33. The van der Waals surface area contributed by atoms with Crippen molar-refractivity contribution in [3.63, 3.8) is 0 Å². The summed E-state index contributed by atoms with van der Waals surface area (Å²) in [6, 6.07) is 5.23. The first-order valence-corrected chi connectivity index (χ1v) is 6.22. The van der Waals surface area contributed by atoms with Crippen LogP contribution in [-0.4, -0.2) is 11.4 Å². The molecule has 4 heteroatoms. The Morgan fingerprint density at radius 1 is 1.22 bits per heavy atom. The molecule has 0 saturated carbocycles. The van der Waals surface area contributed by atoms with E-state index in [1.807, 2.05) is 6.07 Å². The topological polar surface area (TPSA) is 26.3 Å². The van der Waals surface area contributed by atoms with Gasteiger partial charge < -0.3 is 4.74 Å². The number of ketones is 1. The fraction of sp³-hybridized carbons (Fsp3) is 0.214. The van der Waals surface area contributed by atoms with Gasteiger partial charge >= 0.3 is 0 Å². The van der Waals surface area contributed by atoms with E-state index in [4.69, 9.17) is 27.9 Å². The van der Waals surface area contributed by atoms with E-state index in [-0.39, 0.29) is 5.78 Å². The zero-order valence-corrected chi connectivity index (χ0v) is 11.5. The summed E-state index contributed by atoms with van der Waals surface area (Å²) in [5.41, 5.74) is 0.0476. The molecule has 0 bridgehead atoms. The Hall–Kier alpha value is -1.25. The maximum Gasteiger partial charge on any atom is 0.202 e. The summed E-state index contributed by atoms with van der Waals surface area (Å²) in [7, 11) is 0. The second kappa shape index (κ2) is 4.79. The summed E-state index contributed by atoms with van der Waals surface area (Å²) in [6.07, 6.45) is 5.00. The van der Waals surface area contributed by atoms with Crippen molar-refractivity contribution in [2.45, 2.75) is 19.4 Å². The predicted octanol–water partition coefficient (Wildman–Crippen LogP) is 4.27. The van der Waals surface area contributed by atoms with Crippen molar-refractivity contribution in [1.82, 2.24) is 0 Å². The lowest BCUT2D eigenvalue weighted by atomic mass is 10.1. The van der Waals surface area contributed by atoms with E-state index in [0.717, 1.165) is 5.56 Å². The van der Waals surface area contributed by atoms with Crippen LogP contribution in [0.1, 0.15) is 19.4 Å². The van der Waals surface area contributed by atoms with E-state index in [1.165, 1.54) is 6.08 Å². The molecule has 94 valence electrons. The van der Waals surface area contributed by atoms with Crippen LogP contribution >= 0.6 is 23.2 Å². The lowest BCUT2D eigenvalue weighted by molar-refractivity contribution is -0.126. The van der Waals surface area contributed by atoms with Crippen LogP contribution in [0, 0.1) is 0 Å². The summed E-state index contributed by atoms with van der Waals surface area (Å²) in [4.78, 5) is 11.6. The molecule has 0 aliphatic carbocycles. The van der Waals surface area contributed by atoms with E-state index in [0.29, 0.717) is 15.8 Å². The molecule has 0 spiro atoms. The molecule has 1 aliphatic rings. The maximum atomic E-state index is 11.6. The highest BCUT2D eigenvalue weighted by atomic mass is 35.5. The molecule has 0 aromatic heterocycles. The molecule has 0 radical (unpaired) electrons. The highest BCUT2D eigenvalue weighted by molar-refractivity contribution is 6.35. The third kappa shape index (κ3) is 2.77. The van der Waals surface area contributed by atoms with Gasteiger partial charge in [-0.25, -0.2) is 0 Å². The minimum absolute atomic E-state index is 0.0376. The van der Waals surface area contributed by atoms with Crippen molar-refractivity contribution in [1.29, 1.82) is 0 Å². The van der Waals surface area contributed by atoms with Gasteiger partial charge in [-0.3, -0.25) is 4.79 Å². The summed E-state index contributed by atoms with van der Waals surface area (Å²) in [5.74, 6) is 0.500. The van der Waals surface area contributed by atoms with Gasteiger partial charge in [0.05, 0.1) is 0 Å². The molecule has 1 heterocycles. The molecule has 1 aromatic carbocycles. The number of hydrogen-bond donors (Lipinski definition) is 0. The van der Waals surface area contributed by atoms with Crippen molar-refractivity contribution < 1.29 is 9.53 Å². The third-order valence-corrected chi connectivity index (χ3v) is 3.19. The summed E-state index contributed by atoms with van der Waals surface area (Å²) in [6.45, 7) is 3.48. The highest BCUT2D eigenvalue weighted by Crippen LogP contribution is 2.27. The second-order valence-electron chi connectivity index (χ2n) is 4.52. The molecule has 1 aromatic rings. The van der Waals surface area contributed by atoms with Gasteiger partial charge in [0.2, 0.25) is 5.78 Å². The monoisotopic (exact) mass is 282 g/mol. The Kier molecular flexibility index (Phi) is 3.51. The number of carbonyl (C=O) groups is 1. The quantitative estimate of drug-likeness (QED) is 0.810. The normalized spacial score (nSPS) is 18.0. The molecular weight excluding hydrogens is 271 g/mol. The average molecular weight is 283 g/mol. The molecule has 0 N–H and O–H groups in total. The molecule has 0 amide bonds. The van der Waals surface area contributed by atoms with Crippen LogP contribution < -0.4 is 0 Å². The SMILES string of the molecule is CC1(C)OC(/C=C/c2ccc(Cl)cc2Cl)=CC1=O. The Bertz CT molecular complexity index is 557. The standard InChI is InChI=1S/C14H12Cl2O2/c1-14(2)13(17)8-11(18-14)6-4-9-3-5-10(15)7-12(9)16/h3-8H,1-2H3/b6-4+. The fourth-order valence-corrected chi connectivity index (χ4v) is 2.04. The number of hydrogen-bond acceptors (Lipinski definition) is 2. The molecule has 0 saturated heterocycles. The molecule has 18 heavy (non-hydrogen) atoms. The van der Waals surface area contributed by atoms with Crippen molar-refractivity contribution >= 4 is 35.1 Å². The minimum atomic E-state index is -0.774. The van der Waals surface area contributed by atoms with E-state index < -0.39 is 5.60 Å². The van der Waals surface area contributed by atoms with Crippen LogP contribution in [0.3, 0.4) is 0 Å². The smallest absolute Gasteiger partial charge is 0.202 e. The fourth-order valence-electron chi connectivity index (χ4n) is 1.57. The molecule has 0 unspecified atom stereocenters. The van der Waals surface area contributed by atoms with Crippen molar-refractivity contribution in [2.24, 2.45) is 0 Å². The van der Waals surface area contributed by atoms with Crippen LogP contribution in [0.4, 0.5) is 0 Å². The lowest BCUT2D eigenvalue weighted by Crippen LogP contribution is -2.27. The molecule has 2 rings (SSSR count). The maximum absolute atomic E-state index is 11.6. The Balaban J connectivity index is 2.18. The number of benzene rings is 1. The van der Waals surface area contributed by atoms with Crippen LogP contribution in [0.2, 0.25) is 10.0 Å². The molecular formula is C14H12Cl2O2. The molecule has 1 aliphatic heterocycles. The van der Waals surface area contributed by atoms with Gasteiger partial charge in [-0.2, -0.15) is 0 Å². The number of ether oxygens (including phenoxy) is 1. The van der Waals surface area contributed by atoms with Crippen molar-refractivity contribution in [3.8, 4) is 0 Å². The van der Waals surface area contributed by atoms with Gasteiger partial charge in [0.1, 0.15) is 5.76 Å².